The first kappa shape index (κ1) is 73.4. The minimum Gasteiger partial charge on any atom is -0.457 e. The van der Waals surface area contributed by atoms with Crippen LogP contribution in [0.5, 0.6) is 46.0 Å². The minimum atomic E-state index is -0.0480. The third-order valence-electron chi connectivity index (χ3n) is 21.1. The van der Waals surface area contributed by atoms with Gasteiger partial charge in [-0.1, -0.05) is 323 Å². The number of rotatable bonds is 44. The summed E-state index contributed by atoms with van der Waals surface area (Å²) in [5.74, 6) is 6.79. The predicted octanol–water partition coefficient (Wildman–Crippen LogP) is 26.7. The maximum absolute atomic E-state index is 7.14. The molecule has 4 heterocycles. The Hall–Kier alpha value is -2.80. The van der Waals surface area contributed by atoms with Gasteiger partial charge in [0.15, 0.2) is 0 Å². The van der Waals surface area contributed by atoms with E-state index in [1.807, 2.05) is 0 Å². The van der Waals surface area contributed by atoms with E-state index < -0.39 is 0 Å². The lowest BCUT2D eigenvalue weighted by atomic mass is 9.74. The maximum atomic E-state index is 7.14. The van der Waals surface area contributed by atoms with Crippen molar-refractivity contribution in [2.75, 3.05) is 27.2 Å². The molecule has 0 saturated carbocycles. The molecule has 0 spiro atoms. The third-order valence-corrected chi connectivity index (χ3v) is 23.3. The molecule has 8 bridgehead atoms. The molecule has 8 nitrogen and oxygen atoms in total. The highest BCUT2D eigenvalue weighted by atomic mass is 79.9. The van der Waals surface area contributed by atoms with E-state index in [0.29, 0.717) is 21.3 Å². The molecule has 4 aliphatic heterocycles. The highest BCUT2D eigenvalue weighted by Crippen LogP contribution is 2.59. The lowest BCUT2D eigenvalue weighted by molar-refractivity contribution is 0.0954. The zero-order chi connectivity index (χ0) is 64.3. The van der Waals surface area contributed by atoms with Gasteiger partial charge in [0.2, 0.25) is 27.2 Å². The van der Waals surface area contributed by atoms with Gasteiger partial charge < -0.3 is 37.9 Å². The van der Waals surface area contributed by atoms with Crippen molar-refractivity contribution in [2.24, 2.45) is 0 Å². The summed E-state index contributed by atoms with van der Waals surface area (Å²) in [6.07, 6.45) is 49.4. The van der Waals surface area contributed by atoms with E-state index in [9.17, 15) is 0 Å². The molecule has 0 unspecified atom stereocenters. The van der Waals surface area contributed by atoms with E-state index in [0.717, 1.165) is 120 Å². The molecule has 12 heteroatoms. The van der Waals surface area contributed by atoms with Crippen LogP contribution in [0.4, 0.5) is 0 Å². The number of ether oxygens (including phenoxy) is 8. The Morgan fingerprint density at radius 1 is 0.228 bits per heavy atom. The Balaban J connectivity index is 1.28. The van der Waals surface area contributed by atoms with Crippen LogP contribution >= 0.6 is 63.7 Å². The molecule has 1 aliphatic carbocycles. The van der Waals surface area contributed by atoms with Crippen molar-refractivity contribution in [1.82, 2.24) is 0 Å². The highest BCUT2D eigenvalue weighted by molar-refractivity contribution is 9.09. The van der Waals surface area contributed by atoms with Crippen molar-refractivity contribution in [2.45, 2.75) is 330 Å². The Kier molecular flexibility index (Phi) is 32.1. The van der Waals surface area contributed by atoms with Crippen LogP contribution in [0.3, 0.4) is 0 Å². The zero-order valence-electron chi connectivity index (χ0n) is 57.3. The van der Waals surface area contributed by atoms with Gasteiger partial charge >= 0.3 is 0 Å². The predicted molar refractivity (Wildman–Crippen MR) is 396 cm³/mol. The average Bonchev–Trinajstić information content (AvgIpc) is 0.731. The number of alkyl halides is 4. The average molecular weight is 1530 g/mol. The standard InChI is InChI=1S/C80H116Br4O8/c1-5-9-13-17-21-25-29-33-37-41-57-61-45-63-58(42-38-34-30-26-22-18-14-10-6-2)65-47-67-60(44-40-36-32-28-24-20-16-12-8-4)68-48-66-59(43-39-35-31-27-23-19-15-11-7-3)64-46-62(57)74-70(50-82)76(64)88-55-90-78(66)72(52-84)80(68)92-56-91-79(67)71(51-83)77(65)89-54-87-75(63)69(49-81)73(61)85-53-86-74/h45-48,57-60H,5-44,49-56H2,1-4H3. The van der Waals surface area contributed by atoms with E-state index in [4.69, 9.17) is 37.9 Å². The molecule has 9 rings (SSSR count). The number of halogens is 4. The Bertz CT molecular complexity index is 2370. The van der Waals surface area contributed by atoms with Crippen LogP contribution in [0.2, 0.25) is 0 Å². The van der Waals surface area contributed by atoms with Crippen molar-refractivity contribution < 1.29 is 37.9 Å². The van der Waals surface area contributed by atoms with Gasteiger partial charge in [0.05, 0.1) is 0 Å². The number of hydrogen-bond donors (Lipinski definition) is 0. The molecular formula is C80H116Br4O8. The second-order valence-corrected chi connectivity index (χ2v) is 29.8. The smallest absolute Gasteiger partial charge is 0.230 e. The quantitative estimate of drug-likeness (QED) is 0.0320. The second-order valence-electron chi connectivity index (χ2n) is 27.6. The molecule has 92 heavy (non-hydrogen) atoms. The summed E-state index contributed by atoms with van der Waals surface area (Å²) in [5.41, 5.74) is 14.0. The monoisotopic (exact) mass is 1520 g/mol. The summed E-state index contributed by atoms with van der Waals surface area (Å²) in [6.45, 7) is 9.44. The molecule has 0 saturated heterocycles. The molecule has 512 valence electrons. The number of hydrogen-bond acceptors (Lipinski definition) is 8. The SMILES string of the molecule is CCCCCCCCCCCC1c2cc3c4c(CBr)c2OCOc2c1cc1c(c2CBr)OCOc2c(cc5c(c2CBr)OCOc2c(cc(c(c2CBr)OCO4)C3CCCCCCCCCCC)C5CCCCCCCCCCC)C1CCCCCCCCCCC. The van der Waals surface area contributed by atoms with Gasteiger partial charge in [0, 0.05) is 112 Å². The second kappa shape index (κ2) is 40.2. The van der Waals surface area contributed by atoms with Crippen LogP contribution < -0.4 is 37.9 Å². The van der Waals surface area contributed by atoms with Crippen molar-refractivity contribution in [3.63, 3.8) is 0 Å². The van der Waals surface area contributed by atoms with Crippen LogP contribution in [0.1, 0.15) is 375 Å². The molecule has 0 aromatic heterocycles. The van der Waals surface area contributed by atoms with E-state index >= 15 is 0 Å². The fraction of sp³-hybridized carbons (Fsp3) is 0.700. The van der Waals surface area contributed by atoms with Gasteiger partial charge in [-0.05, 0) is 49.9 Å². The van der Waals surface area contributed by atoms with E-state index in [2.05, 4.69) is 116 Å². The first-order valence-corrected chi connectivity index (χ1v) is 42.0. The molecule has 5 aliphatic rings. The molecule has 0 radical (unpaired) electrons. The van der Waals surface area contributed by atoms with E-state index in [-0.39, 0.29) is 50.8 Å². The van der Waals surface area contributed by atoms with E-state index in [1.165, 1.54) is 250 Å². The minimum absolute atomic E-state index is 0.0480. The fourth-order valence-electron chi connectivity index (χ4n) is 16.1. The molecule has 0 amide bonds. The molecule has 4 aromatic carbocycles. The van der Waals surface area contributed by atoms with Gasteiger partial charge in [-0.25, -0.2) is 0 Å². The van der Waals surface area contributed by atoms with E-state index in [1.54, 1.807) is 0 Å². The third kappa shape index (κ3) is 18.9. The van der Waals surface area contributed by atoms with Gasteiger partial charge in [-0.2, -0.15) is 0 Å². The maximum Gasteiger partial charge on any atom is 0.230 e. The number of unbranched alkanes of at least 4 members (excludes halogenated alkanes) is 32. The van der Waals surface area contributed by atoms with Crippen molar-refractivity contribution >= 4 is 63.7 Å². The van der Waals surface area contributed by atoms with Gasteiger partial charge in [-0.3, -0.25) is 0 Å². The zero-order valence-corrected chi connectivity index (χ0v) is 63.7. The topological polar surface area (TPSA) is 73.8 Å². The van der Waals surface area contributed by atoms with Crippen LogP contribution in [0, 0.1) is 0 Å². The Morgan fingerprint density at radius 3 is 0.511 bits per heavy atom. The summed E-state index contributed by atoms with van der Waals surface area (Å²) in [5, 5.41) is 2.23. The lowest BCUT2D eigenvalue weighted by Crippen LogP contribution is -2.25. The Labute approximate surface area is 590 Å². The van der Waals surface area contributed by atoms with Gasteiger partial charge in [0.1, 0.15) is 46.0 Å². The summed E-state index contributed by atoms with van der Waals surface area (Å²) >= 11 is 16.5. The molecule has 0 atom stereocenters. The molecule has 0 fully saturated rings. The van der Waals surface area contributed by atoms with Crippen LogP contribution in [-0.4, -0.2) is 27.2 Å². The first-order valence-electron chi connectivity index (χ1n) is 37.5. The fourth-order valence-corrected chi connectivity index (χ4v) is 18.1. The van der Waals surface area contributed by atoms with Gasteiger partial charge in [0.25, 0.3) is 0 Å². The lowest BCUT2D eigenvalue weighted by Gasteiger charge is -2.37. The largest absolute Gasteiger partial charge is 0.457 e. The van der Waals surface area contributed by atoms with Crippen molar-refractivity contribution in [3.05, 3.63) is 91.0 Å². The van der Waals surface area contributed by atoms with Crippen LogP contribution in [0.25, 0.3) is 0 Å². The molecule has 4 aromatic rings. The summed E-state index contributed by atoms with van der Waals surface area (Å²) in [7, 11) is 0. The van der Waals surface area contributed by atoms with Crippen LogP contribution in [0.15, 0.2) is 24.3 Å². The summed E-state index contributed by atoms with van der Waals surface area (Å²) in [4.78, 5) is 0. The van der Waals surface area contributed by atoms with Crippen molar-refractivity contribution in [3.8, 4) is 46.0 Å². The highest BCUT2D eigenvalue weighted by Gasteiger charge is 2.41. The summed E-state index contributed by atoms with van der Waals surface area (Å²) in [6, 6.07) is 10.3. The summed E-state index contributed by atoms with van der Waals surface area (Å²) < 4.78 is 57.1. The van der Waals surface area contributed by atoms with Gasteiger partial charge in [-0.15, -0.1) is 0 Å². The normalized spacial score (nSPS) is 17.4. The molecule has 0 N–H and O–H groups in total. The van der Waals surface area contributed by atoms with Crippen molar-refractivity contribution in [1.29, 1.82) is 0 Å². The Morgan fingerprint density at radius 2 is 0.370 bits per heavy atom. The number of benzene rings is 4. The first-order chi connectivity index (χ1) is 45.5. The van der Waals surface area contributed by atoms with Crippen LogP contribution in [-0.2, 0) is 21.3 Å². The molecular weight excluding hydrogens is 1410 g/mol.